The van der Waals surface area contributed by atoms with E-state index in [1.54, 1.807) is 0 Å². The smallest absolute Gasteiger partial charge is 0.165 e. The minimum Gasteiger partial charge on any atom is -0.392 e. The zero-order valence-electron chi connectivity index (χ0n) is 13.0. The summed E-state index contributed by atoms with van der Waals surface area (Å²) in [6.07, 6.45) is 6.57. The predicted octanol–water partition coefficient (Wildman–Crippen LogP) is 1.41. The molecule has 0 saturated heterocycles. The first-order valence-corrected chi connectivity index (χ1v) is 8.63. The molecular formula is C18H26O4. The fourth-order valence-corrected chi connectivity index (χ4v) is 4.37. The summed E-state index contributed by atoms with van der Waals surface area (Å²) in [5, 5.41) is 30.6. The second-order valence-electron chi connectivity index (χ2n) is 7.33. The lowest BCUT2D eigenvalue weighted by Gasteiger charge is -2.51. The van der Waals surface area contributed by atoms with Gasteiger partial charge >= 0.3 is 0 Å². The van der Waals surface area contributed by atoms with Crippen LogP contribution in [0.4, 0.5) is 0 Å². The normalized spacial score (nSPS) is 40.1. The first kappa shape index (κ1) is 16.0. The Kier molecular flexibility index (Phi) is 4.59. The summed E-state index contributed by atoms with van der Waals surface area (Å²) in [6.45, 7) is 0. The third-order valence-electron chi connectivity index (χ3n) is 5.87. The van der Waals surface area contributed by atoms with Gasteiger partial charge in [0.15, 0.2) is 5.78 Å². The Morgan fingerprint density at radius 1 is 1.23 bits per heavy atom. The van der Waals surface area contributed by atoms with Crippen LogP contribution < -0.4 is 0 Å². The Morgan fingerprint density at radius 2 is 1.95 bits per heavy atom. The van der Waals surface area contributed by atoms with Crippen LogP contribution in [0.25, 0.3) is 0 Å². The quantitative estimate of drug-likeness (QED) is 0.674. The van der Waals surface area contributed by atoms with Crippen LogP contribution in [-0.4, -0.2) is 38.9 Å². The molecule has 3 rings (SSSR count). The second kappa shape index (κ2) is 6.31. The highest BCUT2D eigenvalue weighted by molar-refractivity contribution is 5.94. The van der Waals surface area contributed by atoms with Crippen LogP contribution in [0.15, 0.2) is 0 Å². The topological polar surface area (TPSA) is 77.8 Å². The molecule has 4 heteroatoms. The van der Waals surface area contributed by atoms with Gasteiger partial charge < -0.3 is 15.3 Å². The molecule has 122 valence electrons. The molecule has 3 fully saturated rings. The Morgan fingerprint density at radius 3 is 2.64 bits per heavy atom. The molecule has 4 nitrogen and oxygen atoms in total. The third kappa shape index (κ3) is 2.95. The summed E-state index contributed by atoms with van der Waals surface area (Å²) in [7, 11) is 0. The van der Waals surface area contributed by atoms with Gasteiger partial charge in [-0.15, -0.1) is 0 Å². The van der Waals surface area contributed by atoms with E-state index in [2.05, 4.69) is 11.8 Å². The van der Waals surface area contributed by atoms with E-state index in [1.165, 1.54) is 32.1 Å². The molecule has 0 amide bonds. The largest absolute Gasteiger partial charge is 0.392 e. The average molecular weight is 306 g/mol. The van der Waals surface area contributed by atoms with Crippen molar-refractivity contribution >= 4 is 5.78 Å². The van der Waals surface area contributed by atoms with Crippen LogP contribution in [0.2, 0.25) is 0 Å². The van der Waals surface area contributed by atoms with Crippen LogP contribution >= 0.6 is 0 Å². The standard InChI is InChI=1S/C18H26O4/c19-13(10-12-4-2-1-3-5-12)6-7-14-15-11-17(21)18(15,22)9-8-16(14)20/h12-16,19-20,22H,1-5,8-11H2/t13-,14-,15-,16-,18-/m1/s1. The highest BCUT2D eigenvalue weighted by atomic mass is 16.3. The maximum Gasteiger partial charge on any atom is 0.165 e. The minimum absolute atomic E-state index is 0.126. The van der Waals surface area contributed by atoms with E-state index < -0.39 is 23.7 Å². The molecule has 0 aliphatic heterocycles. The van der Waals surface area contributed by atoms with E-state index in [0.29, 0.717) is 31.6 Å². The number of ketones is 1. The molecule has 0 aromatic carbocycles. The molecule has 0 aromatic heterocycles. The van der Waals surface area contributed by atoms with Gasteiger partial charge in [-0.05, 0) is 25.2 Å². The molecule has 3 saturated carbocycles. The number of carbonyl (C=O) groups excluding carboxylic acids is 1. The fraction of sp³-hybridized carbons (Fsp3) is 0.833. The number of aliphatic hydroxyl groups excluding tert-OH is 2. The number of hydrogen-bond donors (Lipinski definition) is 3. The highest BCUT2D eigenvalue weighted by Crippen LogP contribution is 2.48. The monoisotopic (exact) mass is 306 g/mol. The summed E-state index contributed by atoms with van der Waals surface area (Å²) in [4.78, 5) is 11.6. The van der Waals surface area contributed by atoms with Crippen molar-refractivity contribution in [2.24, 2.45) is 17.8 Å². The molecule has 5 atom stereocenters. The van der Waals surface area contributed by atoms with Gasteiger partial charge in [-0.25, -0.2) is 0 Å². The summed E-state index contributed by atoms with van der Waals surface area (Å²) in [5.41, 5.74) is -1.27. The van der Waals surface area contributed by atoms with Gasteiger partial charge in [0.05, 0.1) is 12.0 Å². The summed E-state index contributed by atoms with van der Waals surface area (Å²) in [5.74, 6) is 5.62. The maximum atomic E-state index is 11.6. The molecule has 0 unspecified atom stereocenters. The van der Waals surface area contributed by atoms with E-state index in [0.717, 1.165) is 0 Å². The fourth-order valence-electron chi connectivity index (χ4n) is 4.37. The van der Waals surface area contributed by atoms with Crippen LogP contribution in [-0.2, 0) is 4.79 Å². The molecule has 3 aliphatic rings. The first-order valence-electron chi connectivity index (χ1n) is 8.63. The summed E-state index contributed by atoms with van der Waals surface area (Å²) < 4.78 is 0. The van der Waals surface area contributed by atoms with Gasteiger partial charge in [0.2, 0.25) is 0 Å². The summed E-state index contributed by atoms with van der Waals surface area (Å²) >= 11 is 0. The highest BCUT2D eigenvalue weighted by Gasteiger charge is 2.59. The lowest BCUT2D eigenvalue weighted by atomic mass is 9.56. The van der Waals surface area contributed by atoms with Crippen molar-refractivity contribution in [2.45, 2.75) is 75.6 Å². The molecule has 0 radical (unpaired) electrons. The van der Waals surface area contributed by atoms with Crippen molar-refractivity contribution in [1.29, 1.82) is 0 Å². The molecule has 0 spiro atoms. The average Bonchev–Trinajstić information content (AvgIpc) is 2.51. The molecular weight excluding hydrogens is 280 g/mol. The molecule has 3 N–H and O–H groups in total. The zero-order chi connectivity index (χ0) is 15.7. The van der Waals surface area contributed by atoms with Gasteiger partial charge in [-0.1, -0.05) is 43.9 Å². The zero-order valence-corrected chi connectivity index (χ0v) is 13.0. The van der Waals surface area contributed by atoms with Crippen LogP contribution in [0.1, 0.15) is 57.8 Å². The van der Waals surface area contributed by atoms with E-state index in [1.807, 2.05) is 0 Å². The molecule has 0 heterocycles. The maximum absolute atomic E-state index is 11.6. The van der Waals surface area contributed by atoms with Gasteiger partial charge in [0, 0.05) is 12.3 Å². The summed E-state index contributed by atoms with van der Waals surface area (Å²) in [6, 6.07) is 0. The van der Waals surface area contributed by atoms with Gasteiger partial charge in [0.25, 0.3) is 0 Å². The molecule has 3 aliphatic carbocycles. The van der Waals surface area contributed by atoms with Gasteiger partial charge in [-0.3, -0.25) is 4.79 Å². The van der Waals surface area contributed by atoms with Crippen molar-refractivity contribution < 1.29 is 20.1 Å². The van der Waals surface area contributed by atoms with Crippen molar-refractivity contribution in [3.8, 4) is 11.8 Å². The second-order valence-corrected chi connectivity index (χ2v) is 7.33. The van der Waals surface area contributed by atoms with E-state index in [4.69, 9.17) is 0 Å². The number of fused-ring (bicyclic) bond motifs is 1. The molecule has 0 bridgehead atoms. The molecule has 0 aromatic rings. The van der Waals surface area contributed by atoms with Crippen molar-refractivity contribution in [3.05, 3.63) is 0 Å². The van der Waals surface area contributed by atoms with E-state index in [-0.39, 0.29) is 11.7 Å². The Bertz CT molecular complexity index is 485. The predicted molar refractivity (Wildman–Crippen MR) is 81.8 cm³/mol. The Hall–Kier alpha value is -0.890. The lowest BCUT2D eigenvalue weighted by Crippen LogP contribution is -2.63. The van der Waals surface area contributed by atoms with Crippen molar-refractivity contribution in [3.63, 3.8) is 0 Å². The van der Waals surface area contributed by atoms with Gasteiger partial charge in [-0.2, -0.15) is 0 Å². The van der Waals surface area contributed by atoms with Gasteiger partial charge in [0.1, 0.15) is 11.7 Å². The van der Waals surface area contributed by atoms with Crippen LogP contribution in [0, 0.1) is 29.6 Å². The van der Waals surface area contributed by atoms with Crippen molar-refractivity contribution in [1.82, 2.24) is 0 Å². The molecule has 22 heavy (non-hydrogen) atoms. The number of Topliss-reactive ketones (excluding diaryl/α,β-unsaturated/α-hetero) is 1. The van der Waals surface area contributed by atoms with E-state index in [9.17, 15) is 20.1 Å². The Balaban J connectivity index is 1.60. The number of aliphatic hydroxyl groups is 3. The van der Waals surface area contributed by atoms with Crippen molar-refractivity contribution in [2.75, 3.05) is 0 Å². The third-order valence-corrected chi connectivity index (χ3v) is 5.87. The van der Waals surface area contributed by atoms with Crippen LogP contribution in [0.3, 0.4) is 0 Å². The first-order chi connectivity index (χ1) is 10.5. The number of hydrogen-bond acceptors (Lipinski definition) is 4. The van der Waals surface area contributed by atoms with Crippen LogP contribution in [0.5, 0.6) is 0 Å². The van der Waals surface area contributed by atoms with E-state index >= 15 is 0 Å². The Labute approximate surface area is 131 Å². The number of carbonyl (C=O) groups is 1. The lowest BCUT2D eigenvalue weighted by molar-refractivity contribution is -0.181. The minimum atomic E-state index is -1.27. The number of rotatable bonds is 2. The SMILES string of the molecule is O=C1C[C@@H]2[C@@H](C#C[C@@H](O)CC3CCCCC3)[C@H](O)CC[C@]12O.